The van der Waals surface area contributed by atoms with Crippen molar-refractivity contribution in [3.05, 3.63) is 30.2 Å². The van der Waals surface area contributed by atoms with Crippen LogP contribution in [0, 0.1) is 5.82 Å². The van der Waals surface area contributed by atoms with Gasteiger partial charge >= 0.3 is 0 Å². The Morgan fingerprint density at radius 3 is 2.71 bits per heavy atom. The van der Waals surface area contributed by atoms with E-state index in [9.17, 15) is 9.50 Å². The van der Waals surface area contributed by atoms with Gasteiger partial charge in [0.2, 0.25) is 0 Å². The number of aryl methyl sites for hydroxylation is 1. The maximum Gasteiger partial charge on any atom is 0.127 e. The summed E-state index contributed by atoms with van der Waals surface area (Å²) in [4.78, 5) is 0. The van der Waals surface area contributed by atoms with Crippen molar-refractivity contribution in [3.8, 4) is 17.0 Å². The highest BCUT2D eigenvalue weighted by molar-refractivity contribution is 5.60. The zero-order valence-electron chi connectivity index (χ0n) is 7.48. The topological polar surface area (TPSA) is 50.9 Å². The van der Waals surface area contributed by atoms with Crippen LogP contribution in [-0.2, 0) is 7.05 Å². The molecule has 0 spiro atoms. The van der Waals surface area contributed by atoms with Crippen LogP contribution in [0.3, 0.4) is 0 Å². The fourth-order valence-corrected chi connectivity index (χ4v) is 1.27. The highest BCUT2D eigenvalue weighted by atomic mass is 19.1. The zero-order chi connectivity index (χ0) is 10.1. The Kier molecular flexibility index (Phi) is 1.92. The van der Waals surface area contributed by atoms with Crippen molar-refractivity contribution in [2.75, 3.05) is 0 Å². The third-order valence-electron chi connectivity index (χ3n) is 1.89. The highest BCUT2D eigenvalue weighted by Crippen LogP contribution is 2.23. The van der Waals surface area contributed by atoms with E-state index in [2.05, 4.69) is 10.3 Å². The van der Waals surface area contributed by atoms with Gasteiger partial charge in [0, 0.05) is 18.7 Å². The van der Waals surface area contributed by atoms with Crippen molar-refractivity contribution >= 4 is 0 Å². The molecule has 0 unspecified atom stereocenters. The fraction of sp³-hybridized carbons (Fsp3) is 0.111. The molecule has 1 N–H and O–H groups in total. The Morgan fingerprint density at radius 2 is 2.14 bits per heavy atom. The molecule has 1 aromatic heterocycles. The maximum atomic E-state index is 12.9. The minimum Gasteiger partial charge on any atom is -0.508 e. The third kappa shape index (κ3) is 1.44. The first kappa shape index (κ1) is 8.68. The standard InChI is InChI=1S/C9H8FN3O/c1-13-9(5-11-12-13)6-2-7(10)4-8(14)3-6/h2-5,14H,1H3. The fourth-order valence-electron chi connectivity index (χ4n) is 1.27. The Morgan fingerprint density at radius 1 is 1.36 bits per heavy atom. The molecule has 0 aliphatic carbocycles. The van der Waals surface area contributed by atoms with Crippen molar-refractivity contribution in [1.82, 2.24) is 15.0 Å². The summed E-state index contributed by atoms with van der Waals surface area (Å²) in [5.41, 5.74) is 1.20. The SMILES string of the molecule is Cn1nncc1-c1cc(O)cc(F)c1. The number of halogens is 1. The van der Waals surface area contributed by atoms with Gasteiger partial charge in [-0.2, -0.15) is 0 Å². The summed E-state index contributed by atoms with van der Waals surface area (Å²) in [6, 6.07) is 3.83. The first-order valence-corrected chi connectivity index (χ1v) is 4.01. The van der Waals surface area contributed by atoms with E-state index in [0.717, 1.165) is 6.07 Å². The molecule has 4 nitrogen and oxygen atoms in total. The largest absolute Gasteiger partial charge is 0.508 e. The number of nitrogens with zero attached hydrogens (tertiary/aromatic N) is 3. The van der Waals surface area contributed by atoms with Crippen LogP contribution >= 0.6 is 0 Å². The first-order valence-electron chi connectivity index (χ1n) is 4.01. The lowest BCUT2D eigenvalue weighted by atomic mass is 10.1. The predicted octanol–water partition coefficient (Wildman–Crippen LogP) is 1.33. The molecule has 0 aliphatic heterocycles. The molecule has 1 heterocycles. The van der Waals surface area contributed by atoms with E-state index in [1.165, 1.54) is 23.0 Å². The van der Waals surface area contributed by atoms with Gasteiger partial charge in [0.15, 0.2) is 0 Å². The minimum atomic E-state index is -0.485. The van der Waals surface area contributed by atoms with Gasteiger partial charge in [-0.3, -0.25) is 0 Å². The molecule has 0 radical (unpaired) electrons. The second kappa shape index (κ2) is 3.10. The van der Waals surface area contributed by atoms with Crippen LogP contribution in [0.2, 0.25) is 0 Å². The van der Waals surface area contributed by atoms with Gasteiger partial charge in [0.05, 0.1) is 11.9 Å². The number of hydrogen-bond donors (Lipinski definition) is 1. The minimum absolute atomic E-state index is 0.110. The summed E-state index contributed by atoms with van der Waals surface area (Å²) >= 11 is 0. The molecule has 0 atom stereocenters. The quantitative estimate of drug-likeness (QED) is 0.743. The van der Waals surface area contributed by atoms with Crippen molar-refractivity contribution in [3.63, 3.8) is 0 Å². The van der Waals surface area contributed by atoms with E-state index in [-0.39, 0.29) is 5.75 Å². The van der Waals surface area contributed by atoms with Gasteiger partial charge < -0.3 is 5.11 Å². The van der Waals surface area contributed by atoms with E-state index in [1.807, 2.05) is 0 Å². The van der Waals surface area contributed by atoms with Crippen molar-refractivity contribution in [2.45, 2.75) is 0 Å². The number of benzene rings is 1. The van der Waals surface area contributed by atoms with E-state index in [4.69, 9.17) is 0 Å². The summed E-state index contributed by atoms with van der Waals surface area (Å²) in [6.45, 7) is 0. The van der Waals surface area contributed by atoms with Gasteiger partial charge in [0.1, 0.15) is 11.6 Å². The molecule has 0 saturated carbocycles. The third-order valence-corrected chi connectivity index (χ3v) is 1.89. The van der Waals surface area contributed by atoms with Crippen LogP contribution in [0.1, 0.15) is 0 Å². The summed E-state index contributed by atoms with van der Waals surface area (Å²) in [5, 5.41) is 16.6. The molecular weight excluding hydrogens is 185 g/mol. The van der Waals surface area contributed by atoms with Crippen LogP contribution in [0.15, 0.2) is 24.4 Å². The van der Waals surface area contributed by atoms with Gasteiger partial charge in [-0.15, -0.1) is 5.10 Å². The number of rotatable bonds is 1. The molecule has 1 aromatic carbocycles. The van der Waals surface area contributed by atoms with E-state index >= 15 is 0 Å². The second-order valence-corrected chi connectivity index (χ2v) is 2.94. The van der Waals surface area contributed by atoms with Crippen molar-refractivity contribution in [1.29, 1.82) is 0 Å². The predicted molar refractivity (Wildman–Crippen MR) is 48.1 cm³/mol. The van der Waals surface area contributed by atoms with Crippen LogP contribution in [0.25, 0.3) is 11.3 Å². The van der Waals surface area contributed by atoms with E-state index in [1.54, 1.807) is 7.05 Å². The Labute approximate surface area is 79.6 Å². The van der Waals surface area contributed by atoms with Gasteiger partial charge in [-0.1, -0.05) is 5.21 Å². The lowest BCUT2D eigenvalue weighted by Crippen LogP contribution is -1.93. The lowest BCUT2D eigenvalue weighted by molar-refractivity contribution is 0.469. The van der Waals surface area contributed by atoms with E-state index < -0.39 is 5.82 Å². The zero-order valence-corrected chi connectivity index (χ0v) is 7.48. The maximum absolute atomic E-state index is 12.9. The van der Waals surface area contributed by atoms with Crippen molar-refractivity contribution in [2.24, 2.45) is 7.05 Å². The molecule has 0 bridgehead atoms. The molecule has 0 fully saturated rings. The molecule has 5 heteroatoms. The highest BCUT2D eigenvalue weighted by Gasteiger charge is 2.06. The van der Waals surface area contributed by atoms with Gasteiger partial charge in [-0.25, -0.2) is 9.07 Å². The second-order valence-electron chi connectivity index (χ2n) is 2.94. The molecule has 2 rings (SSSR count). The molecule has 72 valence electrons. The number of phenolic OH excluding ortho intramolecular Hbond substituents is 1. The van der Waals surface area contributed by atoms with Gasteiger partial charge in [-0.05, 0) is 12.1 Å². The molecule has 2 aromatic rings. The Hall–Kier alpha value is -1.91. The molecular formula is C9H8FN3O. The Balaban J connectivity index is 2.57. The number of aromatic hydroxyl groups is 1. The summed E-state index contributed by atoms with van der Waals surface area (Å²) in [6.07, 6.45) is 1.51. The van der Waals surface area contributed by atoms with Crippen molar-refractivity contribution < 1.29 is 9.50 Å². The number of phenols is 1. The van der Waals surface area contributed by atoms with Crippen LogP contribution in [0.4, 0.5) is 4.39 Å². The monoisotopic (exact) mass is 193 g/mol. The number of hydrogen-bond acceptors (Lipinski definition) is 3. The molecule has 0 aliphatic rings. The smallest absolute Gasteiger partial charge is 0.127 e. The average Bonchev–Trinajstić information content (AvgIpc) is 2.49. The molecule has 0 saturated heterocycles. The van der Waals surface area contributed by atoms with Crippen LogP contribution < -0.4 is 0 Å². The summed E-state index contributed by atoms with van der Waals surface area (Å²) < 4.78 is 14.4. The molecule has 0 amide bonds. The summed E-state index contributed by atoms with van der Waals surface area (Å²) in [7, 11) is 1.70. The first-order chi connectivity index (χ1) is 6.66. The normalized spacial score (nSPS) is 10.4. The average molecular weight is 193 g/mol. The lowest BCUT2D eigenvalue weighted by Gasteiger charge is -2.01. The Bertz CT molecular complexity index is 447. The summed E-state index contributed by atoms with van der Waals surface area (Å²) in [5.74, 6) is -0.595. The van der Waals surface area contributed by atoms with Crippen LogP contribution in [-0.4, -0.2) is 20.1 Å². The van der Waals surface area contributed by atoms with E-state index in [0.29, 0.717) is 11.3 Å². The van der Waals surface area contributed by atoms with Crippen LogP contribution in [0.5, 0.6) is 5.75 Å². The molecule has 14 heavy (non-hydrogen) atoms. The van der Waals surface area contributed by atoms with Gasteiger partial charge in [0.25, 0.3) is 0 Å². The number of aromatic nitrogens is 3.